The van der Waals surface area contributed by atoms with Gasteiger partial charge in [-0.1, -0.05) is 18.2 Å². The molecule has 3 rings (SSSR count). The van der Waals surface area contributed by atoms with E-state index in [-0.39, 0.29) is 11.4 Å². The Morgan fingerprint density at radius 2 is 1.84 bits per heavy atom. The first-order valence-corrected chi connectivity index (χ1v) is 9.21. The normalized spacial score (nSPS) is 16.6. The molecule has 0 fully saturated rings. The van der Waals surface area contributed by atoms with Crippen molar-refractivity contribution in [3.8, 4) is 5.75 Å². The molecular weight excluding hydrogens is 342 g/mol. The number of fused-ring (bicyclic) bond motifs is 1. The number of ether oxygens (including phenoxy) is 1. The van der Waals surface area contributed by atoms with Crippen molar-refractivity contribution in [2.45, 2.75) is 24.7 Å². The highest BCUT2D eigenvalue weighted by atomic mass is 32.2. The number of aliphatic carboxylic acids is 1. The van der Waals surface area contributed by atoms with Crippen LogP contribution in [0.3, 0.4) is 0 Å². The van der Waals surface area contributed by atoms with Gasteiger partial charge in [0.2, 0.25) is 0 Å². The fourth-order valence-corrected chi connectivity index (χ4v) is 4.99. The fraction of sp³-hybridized carbons (Fsp3) is 0.278. The molecule has 0 aromatic heterocycles. The van der Waals surface area contributed by atoms with Gasteiger partial charge in [-0.25, -0.2) is 8.42 Å². The van der Waals surface area contributed by atoms with E-state index in [2.05, 4.69) is 0 Å². The molecule has 1 heterocycles. The molecular formula is C18H19NO5S. The third-order valence-electron chi connectivity index (χ3n) is 4.70. The number of anilines is 1. The monoisotopic (exact) mass is 361 g/mol. The lowest BCUT2D eigenvalue weighted by atomic mass is 10.0. The first-order chi connectivity index (χ1) is 11.8. The maximum absolute atomic E-state index is 13.2. The number of hydrogen-bond acceptors (Lipinski definition) is 4. The van der Waals surface area contributed by atoms with Crippen LogP contribution in [0.25, 0.3) is 0 Å². The van der Waals surface area contributed by atoms with E-state index in [0.29, 0.717) is 22.6 Å². The summed E-state index contributed by atoms with van der Waals surface area (Å²) in [4.78, 5) is 11.7. The van der Waals surface area contributed by atoms with Crippen LogP contribution in [0.15, 0.2) is 41.3 Å². The van der Waals surface area contributed by atoms with Crippen LogP contribution in [0.4, 0.5) is 5.69 Å². The second-order valence-electron chi connectivity index (χ2n) is 6.00. The zero-order chi connectivity index (χ0) is 18.4. The van der Waals surface area contributed by atoms with Gasteiger partial charge in [-0.15, -0.1) is 0 Å². The highest BCUT2D eigenvalue weighted by molar-refractivity contribution is 7.93. The van der Waals surface area contributed by atoms with Crippen molar-refractivity contribution in [1.82, 2.24) is 0 Å². The number of sulfonamides is 1. The minimum atomic E-state index is -3.88. The predicted molar refractivity (Wildman–Crippen MR) is 93.8 cm³/mol. The molecule has 132 valence electrons. The zero-order valence-electron chi connectivity index (χ0n) is 14.2. The molecule has 0 aliphatic carbocycles. The van der Waals surface area contributed by atoms with Crippen molar-refractivity contribution < 1.29 is 23.1 Å². The average Bonchev–Trinajstić information content (AvgIpc) is 2.97. The lowest BCUT2D eigenvalue weighted by Crippen LogP contribution is -2.32. The molecule has 0 bridgehead atoms. The van der Waals surface area contributed by atoms with Crippen LogP contribution in [0.5, 0.6) is 5.75 Å². The lowest BCUT2D eigenvalue weighted by Gasteiger charge is -2.22. The summed E-state index contributed by atoms with van der Waals surface area (Å²) in [6.45, 7) is 3.41. The Hall–Kier alpha value is -2.54. The molecule has 25 heavy (non-hydrogen) atoms. The first kappa shape index (κ1) is 17.3. The van der Waals surface area contributed by atoms with Gasteiger partial charge in [0.1, 0.15) is 11.7 Å². The van der Waals surface area contributed by atoms with Gasteiger partial charge in [-0.2, -0.15) is 0 Å². The summed E-state index contributed by atoms with van der Waals surface area (Å²) in [5.41, 5.74) is 2.27. The van der Waals surface area contributed by atoms with Crippen molar-refractivity contribution in [2.24, 2.45) is 0 Å². The molecule has 0 amide bonds. The Balaban J connectivity index is 2.14. The smallest absolute Gasteiger partial charge is 0.312 e. The molecule has 0 unspecified atom stereocenters. The Bertz CT molecular complexity index is 952. The fourth-order valence-electron chi connectivity index (χ4n) is 3.20. The van der Waals surface area contributed by atoms with Crippen LogP contribution < -0.4 is 9.04 Å². The van der Waals surface area contributed by atoms with Crippen molar-refractivity contribution >= 4 is 21.7 Å². The van der Waals surface area contributed by atoms with E-state index >= 15 is 0 Å². The summed E-state index contributed by atoms with van der Waals surface area (Å²) < 4.78 is 32.9. The molecule has 0 spiro atoms. The topological polar surface area (TPSA) is 83.9 Å². The highest BCUT2D eigenvalue weighted by Crippen LogP contribution is 2.40. The molecule has 1 atom stereocenters. The molecule has 6 nitrogen and oxygen atoms in total. The Morgan fingerprint density at radius 3 is 2.48 bits per heavy atom. The van der Waals surface area contributed by atoms with Crippen molar-refractivity contribution in [1.29, 1.82) is 0 Å². The van der Waals surface area contributed by atoms with E-state index in [1.54, 1.807) is 44.2 Å². The van der Waals surface area contributed by atoms with Crippen molar-refractivity contribution in [2.75, 3.05) is 18.0 Å². The number of para-hydroxylation sites is 1. The molecule has 7 heteroatoms. The predicted octanol–water partition coefficient (Wildman–Crippen LogP) is 2.69. The van der Waals surface area contributed by atoms with Gasteiger partial charge in [0, 0.05) is 0 Å². The summed E-state index contributed by atoms with van der Waals surface area (Å²) in [5.74, 6) is -1.29. The Morgan fingerprint density at radius 1 is 1.16 bits per heavy atom. The minimum absolute atomic E-state index is 0.110. The van der Waals surface area contributed by atoms with Gasteiger partial charge in [-0.05, 0) is 48.7 Å². The van der Waals surface area contributed by atoms with Crippen LogP contribution in [-0.4, -0.2) is 33.1 Å². The maximum atomic E-state index is 13.2. The Labute approximate surface area is 146 Å². The van der Waals surface area contributed by atoms with Crippen LogP contribution >= 0.6 is 0 Å². The molecule has 1 N–H and O–H groups in total. The van der Waals surface area contributed by atoms with Crippen LogP contribution in [0.1, 0.15) is 22.6 Å². The zero-order valence-corrected chi connectivity index (χ0v) is 15.0. The van der Waals surface area contributed by atoms with E-state index in [9.17, 15) is 18.3 Å². The number of benzene rings is 2. The second kappa shape index (κ2) is 6.07. The van der Waals surface area contributed by atoms with Gasteiger partial charge >= 0.3 is 5.97 Å². The van der Waals surface area contributed by atoms with Crippen LogP contribution in [0.2, 0.25) is 0 Å². The molecule has 0 saturated heterocycles. The van der Waals surface area contributed by atoms with Crippen molar-refractivity contribution in [3.05, 3.63) is 53.1 Å². The molecule has 0 saturated carbocycles. The summed E-state index contributed by atoms with van der Waals surface area (Å²) in [6, 6.07) is 9.85. The highest BCUT2D eigenvalue weighted by Gasteiger charge is 2.40. The van der Waals surface area contributed by atoms with Crippen LogP contribution in [0, 0.1) is 13.8 Å². The lowest BCUT2D eigenvalue weighted by molar-refractivity contribution is -0.138. The molecule has 2 aromatic carbocycles. The number of carboxylic acid groups (broad SMARTS) is 1. The maximum Gasteiger partial charge on any atom is 0.312 e. The van der Waals surface area contributed by atoms with Crippen molar-refractivity contribution in [3.63, 3.8) is 0 Å². The number of nitrogens with zero attached hydrogens (tertiary/aromatic N) is 1. The second-order valence-corrected chi connectivity index (χ2v) is 7.83. The van der Waals surface area contributed by atoms with E-state index in [1.807, 2.05) is 0 Å². The van der Waals surface area contributed by atoms with E-state index in [0.717, 1.165) is 5.56 Å². The van der Waals surface area contributed by atoms with Gasteiger partial charge in [-0.3, -0.25) is 9.10 Å². The summed E-state index contributed by atoms with van der Waals surface area (Å²) in [7, 11) is -2.35. The number of hydrogen-bond donors (Lipinski definition) is 1. The quantitative estimate of drug-likeness (QED) is 0.905. The number of carboxylic acids is 1. The third-order valence-corrected chi connectivity index (χ3v) is 6.63. The van der Waals surface area contributed by atoms with Gasteiger partial charge < -0.3 is 9.84 Å². The average molecular weight is 361 g/mol. The largest absolute Gasteiger partial charge is 0.496 e. The molecule has 1 aliphatic rings. The summed E-state index contributed by atoms with van der Waals surface area (Å²) >= 11 is 0. The summed E-state index contributed by atoms with van der Waals surface area (Å²) in [5, 5.41) is 9.44. The Kier molecular flexibility index (Phi) is 4.20. The molecule has 0 radical (unpaired) electrons. The standard InChI is InChI=1S/C18H19NO5S/c1-11-12(2)17(9-8-16(11)24-3)25(22,23)19-10-14(18(20)21)13-6-4-5-7-15(13)19/h4-9,14H,10H2,1-3H3,(H,20,21)/t14-/m1/s1. The van der Waals surface area contributed by atoms with E-state index < -0.39 is 21.9 Å². The number of rotatable bonds is 4. The van der Waals surface area contributed by atoms with Gasteiger partial charge in [0.15, 0.2) is 0 Å². The minimum Gasteiger partial charge on any atom is -0.496 e. The molecule has 2 aromatic rings. The van der Waals surface area contributed by atoms with Gasteiger partial charge in [0.25, 0.3) is 10.0 Å². The first-order valence-electron chi connectivity index (χ1n) is 7.77. The SMILES string of the molecule is COc1ccc(S(=O)(=O)N2C[C@@H](C(=O)O)c3ccccc32)c(C)c1C. The molecule has 1 aliphatic heterocycles. The van der Waals surface area contributed by atoms with Gasteiger partial charge in [0.05, 0.1) is 24.2 Å². The third kappa shape index (κ3) is 2.64. The van der Waals surface area contributed by atoms with Crippen LogP contribution in [-0.2, 0) is 14.8 Å². The number of methoxy groups -OCH3 is 1. The van der Waals surface area contributed by atoms with E-state index in [1.165, 1.54) is 17.5 Å². The van der Waals surface area contributed by atoms with E-state index in [4.69, 9.17) is 4.74 Å². The summed E-state index contributed by atoms with van der Waals surface area (Å²) in [6.07, 6.45) is 0. The number of carbonyl (C=O) groups is 1.